The third-order valence-electron chi connectivity index (χ3n) is 4.78. The predicted octanol–water partition coefficient (Wildman–Crippen LogP) is 1.74. The van der Waals surface area contributed by atoms with Gasteiger partial charge in [-0.25, -0.2) is 10.1 Å². The van der Waals surface area contributed by atoms with Crippen LogP contribution in [0.4, 0.5) is 5.82 Å². The van der Waals surface area contributed by atoms with E-state index in [0.717, 1.165) is 17.2 Å². The van der Waals surface area contributed by atoms with E-state index in [1.54, 1.807) is 24.3 Å². The summed E-state index contributed by atoms with van der Waals surface area (Å²) < 4.78 is 0. The minimum absolute atomic E-state index is 0.0390. The number of rotatable bonds is 13. The first kappa shape index (κ1) is 25.3. The topological polar surface area (TPSA) is 116 Å². The normalized spacial score (nSPS) is 11.8. The van der Waals surface area contributed by atoms with Gasteiger partial charge in [0, 0.05) is 43.3 Å². The van der Waals surface area contributed by atoms with Gasteiger partial charge in [-0.15, -0.1) is 0 Å². The summed E-state index contributed by atoms with van der Waals surface area (Å²) >= 11 is 0. The van der Waals surface area contributed by atoms with Gasteiger partial charge in [0.2, 0.25) is 5.91 Å². The lowest BCUT2D eigenvalue weighted by atomic mass is 10.2. The van der Waals surface area contributed by atoms with Crippen LogP contribution >= 0.6 is 0 Å². The van der Waals surface area contributed by atoms with Crippen LogP contribution in [0.1, 0.15) is 37.0 Å². The smallest absolute Gasteiger partial charge is 0.272 e. The maximum Gasteiger partial charge on any atom is 0.272 e. The fraction of sp³-hybridized carbons (Fsp3) is 0.280. The molecule has 0 aliphatic carbocycles. The molecule has 0 unspecified atom stereocenters. The number of amides is 1. The van der Waals surface area contributed by atoms with Crippen LogP contribution in [0.5, 0.6) is 0 Å². The van der Waals surface area contributed by atoms with E-state index in [-0.39, 0.29) is 11.5 Å². The summed E-state index contributed by atoms with van der Waals surface area (Å²) in [5, 5.41) is 13.5. The average Bonchev–Trinajstić information content (AvgIpc) is 3.21. The number of nitrogens with zero attached hydrogens (tertiary/aromatic N) is 2. The second kappa shape index (κ2) is 13.5. The molecule has 0 aromatic carbocycles. The summed E-state index contributed by atoms with van der Waals surface area (Å²) in [4.78, 5) is 31.8. The Kier molecular flexibility index (Phi) is 10.3. The van der Waals surface area contributed by atoms with E-state index in [1.165, 1.54) is 0 Å². The molecule has 0 bridgehead atoms. The van der Waals surface area contributed by atoms with Crippen LogP contribution in [0.25, 0.3) is 18.7 Å². The molecule has 2 aromatic heterocycles. The van der Waals surface area contributed by atoms with E-state index in [9.17, 15) is 9.59 Å². The molecule has 0 aliphatic heterocycles. The molecule has 33 heavy (non-hydrogen) atoms. The van der Waals surface area contributed by atoms with Gasteiger partial charge in [-0.3, -0.25) is 9.59 Å². The highest BCUT2D eigenvalue weighted by atomic mass is 16.1. The van der Waals surface area contributed by atoms with Gasteiger partial charge in [0.05, 0.1) is 10.9 Å². The van der Waals surface area contributed by atoms with Crippen LogP contribution in [0, 0.1) is 0 Å². The van der Waals surface area contributed by atoms with Gasteiger partial charge < -0.3 is 15.6 Å². The third-order valence-corrected chi connectivity index (χ3v) is 4.78. The van der Waals surface area contributed by atoms with Gasteiger partial charge in [-0.1, -0.05) is 50.1 Å². The highest BCUT2D eigenvalue weighted by Crippen LogP contribution is 2.10. The molecule has 0 saturated carbocycles. The number of anilines is 1. The van der Waals surface area contributed by atoms with Gasteiger partial charge >= 0.3 is 0 Å². The largest absolute Gasteiger partial charge is 0.368 e. The molecule has 2 aromatic rings. The second-order valence-electron chi connectivity index (χ2n) is 7.24. The van der Waals surface area contributed by atoms with Gasteiger partial charge in [0.25, 0.3) is 5.56 Å². The van der Waals surface area contributed by atoms with Crippen LogP contribution in [0.15, 0.2) is 48.3 Å². The summed E-state index contributed by atoms with van der Waals surface area (Å²) in [6.07, 6.45) is 14.9. The monoisotopic (exact) mass is 448 g/mol. The van der Waals surface area contributed by atoms with Gasteiger partial charge in [0.1, 0.15) is 5.82 Å². The van der Waals surface area contributed by atoms with Crippen molar-refractivity contribution in [2.24, 2.45) is 0 Å². The lowest BCUT2D eigenvalue weighted by molar-refractivity contribution is -0.121. The number of hydrogen-bond donors (Lipinski definition) is 4. The van der Waals surface area contributed by atoms with Crippen molar-refractivity contribution < 1.29 is 4.79 Å². The Balaban J connectivity index is 1.77. The van der Waals surface area contributed by atoms with Crippen molar-refractivity contribution in [3.63, 3.8) is 0 Å². The fourth-order valence-electron chi connectivity index (χ4n) is 3.06. The Morgan fingerprint density at radius 1 is 1.21 bits per heavy atom. The molecule has 8 heteroatoms. The molecule has 4 N–H and O–H groups in total. The van der Waals surface area contributed by atoms with Crippen molar-refractivity contribution in [3.8, 4) is 0 Å². The molecule has 0 aliphatic rings. The molecule has 0 radical (unpaired) electrons. The van der Waals surface area contributed by atoms with Gasteiger partial charge in [0.15, 0.2) is 5.82 Å². The van der Waals surface area contributed by atoms with Crippen molar-refractivity contribution in [2.45, 2.75) is 32.6 Å². The zero-order valence-corrected chi connectivity index (χ0v) is 19.1. The Hall–Kier alpha value is -3.94. The molecule has 8 nitrogen and oxygen atoms in total. The number of hydrogen-bond acceptors (Lipinski definition) is 5. The minimum Gasteiger partial charge on any atom is -0.368 e. The van der Waals surface area contributed by atoms with Crippen LogP contribution in [0.3, 0.4) is 0 Å². The van der Waals surface area contributed by atoms with Crippen molar-refractivity contribution in [3.05, 3.63) is 81.5 Å². The first-order valence-electron chi connectivity index (χ1n) is 10.9. The van der Waals surface area contributed by atoms with E-state index in [2.05, 4.69) is 50.5 Å². The number of imidazole rings is 1. The number of aromatic amines is 2. The van der Waals surface area contributed by atoms with Crippen molar-refractivity contribution in [1.29, 1.82) is 0 Å². The van der Waals surface area contributed by atoms with E-state index < -0.39 is 0 Å². The fourth-order valence-corrected chi connectivity index (χ4v) is 3.06. The number of H-pyrrole nitrogens is 2. The molecular formula is C25H32N6O2. The standard InChI is InChI=1S/C25H32N6O2/c1-5-8-10-13-21-20(7-3)28-22(29-21)14-15-23(32)26-16-11-17-27-24-18(4)19(12-9-6-2)25(33)31-30-24/h5-10,12H,1,3-4,11,13-17H2,2H3,(H,26,32)(H,27,30)(H,28,29)(H,31,33)/b9-6-,10-8-,19-12+. The van der Waals surface area contributed by atoms with Gasteiger partial charge in [-0.05, 0) is 25.5 Å². The van der Waals surface area contributed by atoms with Crippen molar-refractivity contribution in [1.82, 2.24) is 25.5 Å². The van der Waals surface area contributed by atoms with E-state index in [0.29, 0.717) is 55.0 Å². The average molecular weight is 449 g/mol. The minimum atomic E-state index is -0.284. The summed E-state index contributed by atoms with van der Waals surface area (Å²) in [7, 11) is 0. The Morgan fingerprint density at radius 3 is 2.76 bits per heavy atom. The maximum atomic E-state index is 12.2. The summed E-state index contributed by atoms with van der Waals surface area (Å²) in [6.45, 7) is 14.4. The second-order valence-corrected chi connectivity index (χ2v) is 7.24. The van der Waals surface area contributed by atoms with Crippen molar-refractivity contribution >= 4 is 30.5 Å². The van der Waals surface area contributed by atoms with E-state index in [4.69, 9.17) is 0 Å². The Morgan fingerprint density at radius 2 is 2.03 bits per heavy atom. The first-order valence-corrected chi connectivity index (χ1v) is 10.9. The van der Waals surface area contributed by atoms with Crippen molar-refractivity contribution in [2.75, 3.05) is 18.4 Å². The summed E-state index contributed by atoms with van der Waals surface area (Å²) in [5.41, 5.74) is 1.49. The molecular weight excluding hydrogens is 416 g/mol. The summed E-state index contributed by atoms with van der Waals surface area (Å²) in [6, 6.07) is 0. The number of aromatic nitrogens is 4. The number of carbonyl (C=O) groups is 1. The highest BCUT2D eigenvalue weighted by molar-refractivity contribution is 5.76. The number of allylic oxidation sites excluding steroid dienone is 5. The zero-order valence-electron chi connectivity index (χ0n) is 19.1. The van der Waals surface area contributed by atoms with E-state index >= 15 is 0 Å². The molecule has 1 amide bonds. The molecule has 174 valence electrons. The van der Waals surface area contributed by atoms with Crippen LogP contribution in [-0.2, 0) is 17.6 Å². The number of carbonyl (C=O) groups excluding carboxylic acids is 1. The highest BCUT2D eigenvalue weighted by Gasteiger charge is 2.09. The summed E-state index contributed by atoms with van der Waals surface area (Å²) in [5.74, 6) is 1.25. The predicted molar refractivity (Wildman–Crippen MR) is 135 cm³/mol. The quantitative estimate of drug-likeness (QED) is 0.275. The molecule has 0 spiro atoms. The molecule has 2 heterocycles. The maximum absolute atomic E-state index is 12.2. The zero-order chi connectivity index (χ0) is 24.1. The number of aryl methyl sites for hydroxylation is 1. The SMILES string of the molecule is C=C/C=C\Cc1[nH]c(CCC(=O)NCCCNc2n[nH]c(=O)/c(=C/C=C\C)c2=C)nc1C=C. The van der Waals surface area contributed by atoms with Gasteiger partial charge in [-0.2, -0.15) is 5.10 Å². The molecule has 0 fully saturated rings. The van der Waals surface area contributed by atoms with Crippen LogP contribution in [-0.4, -0.2) is 39.2 Å². The molecule has 0 saturated heterocycles. The first-order chi connectivity index (χ1) is 16.0. The van der Waals surface area contributed by atoms with E-state index in [1.807, 2.05) is 25.2 Å². The molecule has 0 atom stereocenters. The number of nitrogens with one attached hydrogen (secondary N) is 4. The van der Waals surface area contributed by atoms with Crippen LogP contribution < -0.4 is 26.6 Å². The van der Waals surface area contributed by atoms with Crippen LogP contribution in [0.2, 0.25) is 0 Å². The lowest BCUT2D eigenvalue weighted by Crippen LogP contribution is -2.42. The third kappa shape index (κ3) is 7.92. The Bertz CT molecular complexity index is 1190. The Labute approximate surface area is 193 Å². The lowest BCUT2D eigenvalue weighted by Gasteiger charge is -2.07. The molecule has 2 rings (SSSR count).